The maximum absolute atomic E-state index is 13.0. The van der Waals surface area contributed by atoms with Gasteiger partial charge in [-0.2, -0.15) is 0 Å². The van der Waals surface area contributed by atoms with Crippen LogP contribution in [-0.4, -0.2) is 38.9 Å². The molecule has 150 valence electrons. The molecule has 7 heteroatoms. The number of aromatic nitrogens is 1. The van der Waals surface area contributed by atoms with Gasteiger partial charge in [-0.3, -0.25) is 9.59 Å². The van der Waals surface area contributed by atoms with Gasteiger partial charge in [0, 0.05) is 12.1 Å². The second-order valence-electron chi connectivity index (χ2n) is 7.27. The molecule has 1 fully saturated rings. The molecule has 0 spiro atoms. The molecule has 2 aromatic rings. The Hall–Kier alpha value is -2.28. The molecule has 1 aromatic heterocycles. The zero-order valence-corrected chi connectivity index (χ0v) is 17.4. The number of thioether (sulfide) groups is 1. The molecule has 0 unspecified atom stereocenters. The molecule has 1 aliphatic rings. The first kappa shape index (κ1) is 20.5. The lowest BCUT2D eigenvalue weighted by atomic mass is 9.91. The number of rotatable bonds is 6. The van der Waals surface area contributed by atoms with E-state index in [-0.39, 0.29) is 34.9 Å². The smallest absolute Gasteiger partial charge is 0.238 e. The van der Waals surface area contributed by atoms with Crippen LogP contribution in [0.25, 0.3) is 0 Å². The quantitative estimate of drug-likeness (QED) is 0.786. The van der Waals surface area contributed by atoms with E-state index in [1.165, 1.54) is 17.3 Å². The van der Waals surface area contributed by atoms with Crippen molar-refractivity contribution >= 4 is 29.4 Å². The molecule has 1 N–H and O–H groups in total. The van der Waals surface area contributed by atoms with Crippen molar-refractivity contribution in [1.29, 1.82) is 0 Å². The van der Waals surface area contributed by atoms with E-state index in [0.29, 0.717) is 11.6 Å². The Morgan fingerprint density at radius 3 is 2.75 bits per heavy atom. The van der Waals surface area contributed by atoms with Crippen LogP contribution in [0.5, 0.6) is 0 Å². The van der Waals surface area contributed by atoms with E-state index < -0.39 is 0 Å². The monoisotopic (exact) mass is 401 g/mol. The molecule has 1 aromatic carbocycles. The number of anilines is 1. The standard InChI is InChI=1S/C21H27N3O3S/c1-14-8-7-11-18(17-9-5-4-6-10-17)24(14)20(25)13-28-16(3)21(26)22-19-12-15(2)27-23-19/h4-6,9-10,12,14,16,18H,7-8,11,13H2,1-3H3,(H,22,23,26)/t14-,16-,18-/m0/s1. The number of nitrogens with zero attached hydrogens (tertiary/aromatic N) is 2. The third-order valence-corrected chi connectivity index (χ3v) is 6.22. The summed E-state index contributed by atoms with van der Waals surface area (Å²) in [5, 5.41) is 6.12. The summed E-state index contributed by atoms with van der Waals surface area (Å²) in [5.41, 5.74) is 1.18. The summed E-state index contributed by atoms with van der Waals surface area (Å²) < 4.78 is 4.96. The number of aryl methyl sites for hydroxylation is 1. The minimum Gasteiger partial charge on any atom is -0.360 e. The average Bonchev–Trinajstić information content (AvgIpc) is 3.10. The average molecular weight is 402 g/mol. The van der Waals surface area contributed by atoms with Crippen LogP contribution in [0.3, 0.4) is 0 Å². The van der Waals surface area contributed by atoms with Crippen LogP contribution in [0.15, 0.2) is 40.9 Å². The Bertz CT molecular complexity index is 808. The first-order valence-electron chi connectivity index (χ1n) is 9.67. The normalized spacial score (nSPS) is 20.6. The van der Waals surface area contributed by atoms with Crippen molar-refractivity contribution in [1.82, 2.24) is 10.1 Å². The van der Waals surface area contributed by atoms with Crippen LogP contribution in [0.4, 0.5) is 5.82 Å². The topological polar surface area (TPSA) is 75.4 Å². The molecule has 2 heterocycles. The number of hydrogen-bond acceptors (Lipinski definition) is 5. The maximum Gasteiger partial charge on any atom is 0.238 e. The molecule has 2 amide bonds. The highest BCUT2D eigenvalue weighted by atomic mass is 32.2. The first-order valence-corrected chi connectivity index (χ1v) is 10.7. The molecule has 3 rings (SSSR count). The number of likely N-dealkylation sites (tertiary alicyclic amines) is 1. The molecule has 0 radical (unpaired) electrons. The summed E-state index contributed by atoms with van der Waals surface area (Å²) in [4.78, 5) is 27.4. The van der Waals surface area contributed by atoms with Gasteiger partial charge in [-0.15, -0.1) is 11.8 Å². The fraction of sp³-hybridized carbons (Fsp3) is 0.476. The van der Waals surface area contributed by atoms with Crippen LogP contribution < -0.4 is 5.32 Å². The van der Waals surface area contributed by atoms with Crippen molar-refractivity contribution in [3.8, 4) is 0 Å². The third-order valence-electron chi connectivity index (χ3n) is 5.09. The second-order valence-corrected chi connectivity index (χ2v) is 8.60. The molecule has 6 nitrogen and oxygen atoms in total. The van der Waals surface area contributed by atoms with Crippen LogP contribution in [-0.2, 0) is 9.59 Å². The SMILES string of the molecule is Cc1cc(NC(=O)[C@H](C)SCC(=O)N2[C@@H](C)CCC[C@H]2c2ccccc2)no1. The van der Waals surface area contributed by atoms with Crippen molar-refractivity contribution < 1.29 is 14.1 Å². The van der Waals surface area contributed by atoms with Gasteiger partial charge in [-0.05, 0) is 45.6 Å². The summed E-state index contributed by atoms with van der Waals surface area (Å²) in [6, 6.07) is 12.2. The minimum atomic E-state index is -0.365. The molecular weight excluding hydrogens is 374 g/mol. The fourth-order valence-electron chi connectivity index (χ4n) is 3.61. The first-order chi connectivity index (χ1) is 13.5. The van der Waals surface area contributed by atoms with Crippen LogP contribution in [0, 0.1) is 6.92 Å². The van der Waals surface area contributed by atoms with Crippen molar-refractivity contribution in [2.45, 2.75) is 57.4 Å². The molecule has 0 saturated carbocycles. The Morgan fingerprint density at radius 2 is 2.07 bits per heavy atom. The van der Waals surface area contributed by atoms with E-state index in [4.69, 9.17) is 4.52 Å². The van der Waals surface area contributed by atoms with Gasteiger partial charge < -0.3 is 14.7 Å². The summed E-state index contributed by atoms with van der Waals surface area (Å²) in [6.45, 7) is 5.68. The van der Waals surface area contributed by atoms with Gasteiger partial charge >= 0.3 is 0 Å². The molecular formula is C21H27N3O3S. The zero-order chi connectivity index (χ0) is 20.1. The largest absolute Gasteiger partial charge is 0.360 e. The number of amides is 2. The molecule has 0 bridgehead atoms. The predicted octanol–water partition coefficient (Wildman–Crippen LogP) is 4.19. The number of hydrogen-bond donors (Lipinski definition) is 1. The Balaban J connectivity index is 1.59. The second kappa shape index (κ2) is 9.28. The minimum absolute atomic E-state index is 0.0861. The van der Waals surface area contributed by atoms with Gasteiger partial charge in [-0.1, -0.05) is 35.5 Å². The van der Waals surface area contributed by atoms with E-state index in [0.717, 1.165) is 19.3 Å². The summed E-state index contributed by atoms with van der Waals surface area (Å²) in [6.07, 6.45) is 3.11. The lowest BCUT2D eigenvalue weighted by Gasteiger charge is -2.41. The summed E-state index contributed by atoms with van der Waals surface area (Å²) in [7, 11) is 0. The molecule has 1 aliphatic heterocycles. The molecule has 0 aliphatic carbocycles. The van der Waals surface area contributed by atoms with Crippen molar-refractivity contribution in [3.63, 3.8) is 0 Å². The van der Waals surface area contributed by atoms with Gasteiger partial charge in [0.25, 0.3) is 0 Å². The van der Waals surface area contributed by atoms with E-state index in [1.807, 2.05) is 23.1 Å². The predicted molar refractivity (Wildman–Crippen MR) is 111 cm³/mol. The number of carbonyl (C=O) groups excluding carboxylic acids is 2. The van der Waals surface area contributed by atoms with E-state index in [1.54, 1.807) is 19.9 Å². The van der Waals surface area contributed by atoms with Crippen molar-refractivity contribution in [2.75, 3.05) is 11.1 Å². The van der Waals surface area contributed by atoms with E-state index in [9.17, 15) is 9.59 Å². The Morgan fingerprint density at radius 1 is 1.32 bits per heavy atom. The molecule has 28 heavy (non-hydrogen) atoms. The number of carbonyl (C=O) groups is 2. The van der Waals surface area contributed by atoms with E-state index in [2.05, 4.69) is 29.5 Å². The summed E-state index contributed by atoms with van der Waals surface area (Å²) in [5.74, 6) is 1.22. The van der Waals surface area contributed by atoms with Gasteiger partial charge in [-0.25, -0.2) is 0 Å². The van der Waals surface area contributed by atoms with Crippen LogP contribution >= 0.6 is 11.8 Å². The van der Waals surface area contributed by atoms with E-state index >= 15 is 0 Å². The fourth-order valence-corrected chi connectivity index (χ4v) is 4.37. The van der Waals surface area contributed by atoms with Gasteiger partial charge in [0.1, 0.15) is 5.76 Å². The van der Waals surface area contributed by atoms with Crippen molar-refractivity contribution in [3.05, 3.63) is 47.7 Å². The Kier molecular flexibility index (Phi) is 6.78. The molecule has 1 saturated heterocycles. The number of nitrogens with one attached hydrogen (secondary N) is 1. The van der Waals surface area contributed by atoms with Gasteiger partial charge in [0.05, 0.1) is 17.0 Å². The zero-order valence-electron chi connectivity index (χ0n) is 16.6. The van der Waals surface area contributed by atoms with Crippen molar-refractivity contribution in [2.24, 2.45) is 0 Å². The summed E-state index contributed by atoms with van der Waals surface area (Å²) >= 11 is 1.35. The Labute approximate surface area is 170 Å². The lowest BCUT2D eigenvalue weighted by Crippen LogP contribution is -2.45. The third kappa shape index (κ3) is 4.95. The van der Waals surface area contributed by atoms with Crippen LogP contribution in [0.2, 0.25) is 0 Å². The van der Waals surface area contributed by atoms with Gasteiger partial charge in [0.2, 0.25) is 11.8 Å². The van der Waals surface area contributed by atoms with Gasteiger partial charge in [0.15, 0.2) is 5.82 Å². The lowest BCUT2D eigenvalue weighted by molar-refractivity contribution is -0.135. The number of piperidine rings is 1. The molecule has 3 atom stereocenters. The maximum atomic E-state index is 13.0. The van der Waals surface area contributed by atoms with Crippen LogP contribution in [0.1, 0.15) is 50.5 Å². The highest BCUT2D eigenvalue weighted by Crippen LogP contribution is 2.35. The highest BCUT2D eigenvalue weighted by molar-refractivity contribution is 8.01. The highest BCUT2D eigenvalue weighted by Gasteiger charge is 2.33. The number of benzene rings is 1.